The Morgan fingerprint density at radius 2 is 2.19 bits per heavy atom. The van der Waals surface area contributed by atoms with Gasteiger partial charge in [-0.3, -0.25) is 0 Å². The zero-order valence-corrected chi connectivity index (χ0v) is 13.3. The van der Waals surface area contributed by atoms with Crippen molar-refractivity contribution in [2.45, 2.75) is 17.9 Å². The van der Waals surface area contributed by atoms with E-state index in [4.69, 9.17) is 16.3 Å². The van der Waals surface area contributed by atoms with Crippen molar-refractivity contribution in [3.63, 3.8) is 0 Å². The van der Waals surface area contributed by atoms with Gasteiger partial charge in [0, 0.05) is 12.6 Å². The maximum atomic E-state index is 12.7. The lowest BCUT2D eigenvalue weighted by Crippen LogP contribution is -2.47. The monoisotopic (exact) mass is 333 g/mol. The summed E-state index contributed by atoms with van der Waals surface area (Å²) in [5, 5.41) is 0.0707. The van der Waals surface area contributed by atoms with Crippen molar-refractivity contribution in [3.8, 4) is 0 Å². The van der Waals surface area contributed by atoms with Gasteiger partial charge in [-0.2, -0.15) is 4.31 Å². The van der Waals surface area contributed by atoms with Crippen LogP contribution in [0.5, 0.6) is 0 Å². The first kappa shape index (κ1) is 16.2. The van der Waals surface area contributed by atoms with E-state index in [-0.39, 0.29) is 28.1 Å². The Morgan fingerprint density at radius 3 is 2.81 bits per heavy atom. The standard InChI is InChI=1S/C13H16ClNO5S/c1-9-8-20-6-5-15(9)21(17,18)12-7-10(13(16)19-2)3-4-11(12)14/h3-4,7,9H,5-6,8H2,1-2H3/t9-/m0/s1. The first-order valence-corrected chi connectivity index (χ1v) is 8.17. The van der Waals surface area contributed by atoms with Crippen LogP contribution in [0.3, 0.4) is 0 Å². The van der Waals surface area contributed by atoms with Gasteiger partial charge in [0.15, 0.2) is 0 Å². The fourth-order valence-corrected chi connectivity index (χ4v) is 4.24. The minimum absolute atomic E-state index is 0.0707. The van der Waals surface area contributed by atoms with Gasteiger partial charge in [0.2, 0.25) is 10.0 Å². The van der Waals surface area contributed by atoms with Gasteiger partial charge in [-0.1, -0.05) is 11.6 Å². The molecule has 1 aliphatic rings. The lowest BCUT2D eigenvalue weighted by Gasteiger charge is -2.32. The van der Waals surface area contributed by atoms with Gasteiger partial charge < -0.3 is 9.47 Å². The Kier molecular flexibility index (Phi) is 4.88. The second-order valence-electron chi connectivity index (χ2n) is 4.68. The lowest BCUT2D eigenvalue weighted by molar-refractivity contribution is 0.0392. The van der Waals surface area contributed by atoms with Gasteiger partial charge in [-0.05, 0) is 25.1 Å². The van der Waals surface area contributed by atoms with Crippen molar-refractivity contribution in [2.75, 3.05) is 26.9 Å². The number of hydrogen-bond donors (Lipinski definition) is 0. The first-order chi connectivity index (χ1) is 9.87. The van der Waals surface area contributed by atoms with Gasteiger partial charge in [0.05, 0.1) is 30.9 Å². The minimum Gasteiger partial charge on any atom is -0.465 e. The van der Waals surface area contributed by atoms with E-state index in [2.05, 4.69) is 4.74 Å². The largest absolute Gasteiger partial charge is 0.465 e. The number of rotatable bonds is 3. The molecule has 1 aromatic carbocycles. The predicted molar refractivity (Wildman–Crippen MR) is 77.0 cm³/mol. The third kappa shape index (κ3) is 3.21. The Hall–Kier alpha value is -1.15. The van der Waals surface area contributed by atoms with Gasteiger partial charge in [0.1, 0.15) is 4.90 Å². The highest BCUT2D eigenvalue weighted by atomic mass is 35.5. The molecule has 0 bridgehead atoms. The average molecular weight is 334 g/mol. The number of esters is 1. The number of benzene rings is 1. The molecule has 116 valence electrons. The maximum absolute atomic E-state index is 12.7. The summed E-state index contributed by atoms with van der Waals surface area (Å²) in [6.07, 6.45) is 0. The molecule has 0 spiro atoms. The van der Waals surface area contributed by atoms with Crippen LogP contribution in [-0.2, 0) is 19.5 Å². The van der Waals surface area contributed by atoms with E-state index in [1.807, 2.05) is 0 Å². The third-order valence-electron chi connectivity index (χ3n) is 3.25. The van der Waals surface area contributed by atoms with Crippen LogP contribution in [0.25, 0.3) is 0 Å². The van der Waals surface area contributed by atoms with Crippen molar-refractivity contribution >= 4 is 27.6 Å². The third-order valence-corrected chi connectivity index (χ3v) is 5.74. The number of morpholine rings is 1. The van der Waals surface area contributed by atoms with E-state index in [1.54, 1.807) is 6.92 Å². The molecule has 6 nitrogen and oxygen atoms in total. The number of nitrogens with zero attached hydrogens (tertiary/aromatic N) is 1. The first-order valence-electron chi connectivity index (χ1n) is 6.35. The van der Waals surface area contributed by atoms with E-state index in [9.17, 15) is 13.2 Å². The molecule has 1 aromatic rings. The van der Waals surface area contributed by atoms with E-state index >= 15 is 0 Å². The van der Waals surface area contributed by atoms with Crippen LogP contribution in [0.4, 0.5) is 0 Å². The molecular weight excluding hydrogens is 318 g/mol. The Morgan fingerprint density at radius 1 is 1.48 bits per heavy atom. The molecule has 0 N–H and O–H groups in total. The topological polar surface area (TPSA) is 72.9 Å². The summed E-state index contributed by atoms with van der Waals surface area (Å²) in [6, 6.07) is 3.76. The van der Waals surface area contributed by atoms with Crippen LogP contribution in [0.1, 0.15) is 17.3 Å². The Balaban J connectivity index is 2.46. The highest BCUT2D eigenvalue weighted by Crippen LogP contribution is 2.28. The lowest BCUT2D eigenvalue weighted by atomic mass is 10.2. The van der Waals surface area contributed by atoms with Crippen molar-refractivity contribution < 1.29 is 22.7 Å². The van der Waals surface area contributed by atoms with Gasteiger partial charge in [-0.15, -0.1) is 0 Å². The number of carbonyl (C=O) groups excluding carboxylic acids is 1. The highest BCUT2D eigenvalue weighted by Gasteiger charge is 2.33. The quantitative estimate of drug-likeness (QED) is 0.784. The number of hydrogen-bond acceptors (Lipinski definition) is 5. The summed E-state index contributed by atoms with van der Waals surface area (Å²) in [7, 11) is -2.56. The number of ether oxygens (including phenoxy) is 2. The van der Waals surface area contributed by atoms with Crippen molar-refractivity contribution in [2.24, 2.45) is 0 Å². The fourth-order valence-electron chi connectivity index (χ4n) is 2.14. The molecular formula is C13H16ClNO5S. The normalized spacial score (nSPS) is 20.2. The maximum Gasteiger partial charge on any atom is 0.337 e. The summed E-state index contributed by atoms with van der Waals surface area (Å²) >= 11 is 6.01. The second kappa shape index (κ2) is 6.31. The number of sulfonamides is 1. The smallest absolute Gasteiger partial charge is 0.337 e. The zero-order valence-electron chi connectivity index (χ0n) is 11.7. The predicted octanol–water partition coefficient (Wildman–Crippen LogP) is 1.54. The summed E-state index contributed by atoms with van der Waals surface area (Å²) in [5.41, 5.74) is 0.140. The Labute approximate surface area is 128 Å². The van der Waals surface area contributed by atoms with E-state index < -0.39 is 16.0 Å². The summed E-state index contributed by atoms with van der Waals surface area (Å²) in [4.78, 5) is 11.5. The average Bonchev–Trinajstić information content (AvgIpc) is 2.47. The van der Waals surface area contributed by atoms with Crippen LogP contribution in [0.2, 0.25) is 5.02 Å². The zero-order chi connectivity index (χ0) is 15.6. The van der Waals surface area contributed by atoms with E-state index in [0.717, 1.165) is 0 Å². The van der Waals surface area contributed by atoms with Crippen LogP contribution < -0.4 is 0 Å². The number of methoxy groups -OCH3 is 1. The molecule has 21 heavy (non-hydrogen) atoms. The molecule has 0 saturated carbocycles. The van der Waals surface area contributed by atoms with E-state index in [0.29, 0.717) is 13.2 Å². The van der Waals surface area contributed by atoms with Crippen molar-refractivity contribution in [1.82, 2.24) is 4.31 Å². The molecule has 1 saturated heterocycles. The molecule has 1 aliphatic heterocycles. The number of carbonyl (C=O) groups is 1. The molecule has 0 aromatic heterocycles. The van der Waals surface area contributed by atoms with E-state index in [1.165, 1.54) is 29.6 Å². The molecule has 8 heteroatoms. The van der Waals surface area contributed by atoms with Crippen LogP contribution >= 0.6 is 11.6 Å². The highest BCUT2D eigenvalue weighted by molar-refractivity contribution is 7.89. The van der Waals surface area contributed by atoms with Gasteiger partial charge in [0.25, 0.3) is 0 Å². The van der Waals surface area contributed by atoms with Crippen LogP contribution in [-0.4, -0.2) is 51.6 Å². The molecule has 0 radical (unpaired) electrons. The summed E-state index contributed by atoms with van der Waals surface area (Å²) < 4.78 is 36.6. The van der Waals surface area contributed by atoms with Crippen LogP contribution in [0.15, 0.2) is 23.1 Å². The Bertz CT molecular complexity index is 646. The summed E-state index contributed by atoms with van der Waals surface area (Å²) in [6.45, 7) is 2.67. The second-order valence-corrected chi connectivity index (χ2v) is 6.94. The molecule has 1 atom stereocenters. The minimum atomic E-state index is -3.79. The molecule has 0 unspecified atom stereocenters. The summed E-state index contributed by atoms with van der Waals surface area (Å²) in [5.74, 6) is -0.613. The van der Waals surface area contributed by atoms with Gasteiger partial charge in [-0.25, -0.2) is 13.2 Å². The molecule has 1 heterocycles. The van der Waals surface area contributed by atoms with Crippen LogP contribution in [0, 0.1) is 0 Å². The molecule has 1 fully saturated rings. The molecule has 0 aliphatic carbocycles. The van der Waals surface area contributed by atoms with Gasteiger partial charge >= 0.3 is 5.97 Å². The molecule has 0 amide bonds. The SMILES string of the molecule is COC(=O)c1ccc(Cl)c(S(=O)(=O)N2CCOC[C@@H]2C)c1. The molecule has 2 rings (SSSR count). The van der Waals surface area contributed by atoms with Crippen molar-refractivity contribution in [3.05, 3.63) is 28.8 Å². The number of halogens is 1. The fraction of sp³-hybridized carbons (Fsp3) is 0.462. The van der Waals surface area contributed by atoms with Crippen molar-refractivity contribution in [1.29, 1.82) is 0 Å².